The molecule has 0 aliphatic heterocycles. The van der Waals surface area contributed by atoms with Crippen LogP contribution in [0.3, 0.4) is 0 Å². The Balaban J connectivity index is 2.29. The van der Waals surface area contributed by atoms with Crippen LogP contribution < -0.4 is 0 Å². The predicted octanol–water partition coefficient (Wildman–Crippen LogP) is 4.45. The Morgan fingerprint density at radius 1 is 0.636 bits per heavy atom. The van der Waals surface area contributed by atoms with E-state index in [4.69, 9.17) is 10.5 Å². The van der Waals surface area contributed by atoms with Crippen LogP contribution in [-0.2, 0) is 12.8 Å². The Morgan fingerprint density at radius 2 is 0.909 bits per heavy atom. The van der Waals surface area contributed by atoms with Gasteiger partial charge < -0.3 is 0 Å². The Bertz CT molecular complexity index is 686. The highest BCUT2D eigenvalue weighted by atomic mass is 14.2. The van der Waals surface area contributed by atoms with Crippen molar-refractivity contribution in [3.05, 3.63) is 68.8 Å². The van der Waals surface area contributed by atoms with Crippen LogP contribution in [-0.4, -0.2) is 0 Å². The molecule has 2 aromatic rings. The van der Waals surface area contributed by atoms with Gasteiger partial charge in [-0.1, -0.05) is 0 Å². The van der Waals surface area contributed by atoms with Gasteiger partial charge in [-0.2, -0.15) is 10.5 Å². The zero-order valence-electron chi connectivity index (χ0n) is 13.6. The highest BCUT2D eigenvalue weighted by molar-refractivity contribution is 5.45. The minimum Gasteiger partial charge on any atom is -0.192 e. The zero-order valence-corrected chi connectivity index (χ0v) is 13.6. The number of hydrogen-bond donors (Lipinski definition) is 0. The Labute approximate surface area is 132 Å². The summed E-state index contributed by atoms with van der Waals surface area (Å²) in [5.74, 6) is 0. The van der Waals surface area contributed by atoms with Gasteiger partial charge in [-0.25, -0.2) is 0 Å². The van der Waals surface area contributed by atoms with Crippen molar-refractivity contribution in [2.75, 3.05) is 0 Å². The first kappa shape index (κ1) is 15.8. The summed E-state index contributed by atoms with van der Waals surface area (Å²) in [6.45, 7) is 8.28. The molecule has 2 rings (SSSR count). The first-order valence-electron chi connectivity index (χ1n) is 7.46. The molecule has 0 aliphatic rings. The molecule has 2 nitrogen and oxygen atoms in total. The molecule has 0 aliphatic carbocycles. The first-order chi connectivity index (χ1) is 10.5. The second-order valence-electron chi connectivity index (χ2n) is 5.90. The van der Waals surface area contributed by atoms with Crippen LogP contribution in [0.2, 0.25) is 0 Å². The number of benzene rings is 2. The molecule has 2 heteroatoms. The maximum atomic E-state index is 9.03. The van der Waals surface area contributed by atoms with Crippen molar-refractivity contribution in [3.8, 4) is 12.1 Å². The minimum absolute atomic E-state index is 0.726. The van der Waals surface area contributed by atoms with E-state index in [1.165, 1.54) is 33.4 Å². The van der Waals surface area contributed by atoms with E-state index >= 15 is 0 Å². The van der Waals surface area contributed by atoms with Crippen LogP contribution in [0, 0.1) is 50.4 Å². The molecule has 110 valence electrons. The molecule has 0 saturated carbocycles. The fourth-order valence-electron chi connectivity index (χ4n) is 3.15. The van der Waals surface area contributed by atoms with Crippen molar-refractivity contribution < 1.29 is 0 Å². The number of aryl methyl sites for hydroxylation is 4. The van der Waals surface area contributed by atoms with E-state index in [-0.39, 0.29) is 0 Å². The quantitative estimate of drug-likeness (QED) is 0.837. The number of nitrogens with zero attached hydrogens (tertiary/aromatic N) is 2. The van der Waals surface area contributed by atoms with E-state index < -0.39 is 0 Å². The SMILES string of the molecule is Cc1cc(C#N)cc(C)c1CCc1c(C)cc(C#N)cc1C. The second-order valence-corrected chi connectivity index (χ2v) is 5.90. The highest BCUT2D eigenvalue weighted by Gasteiger charge is 2.09. The summed E-state index contributed by atoms with van der Waals surface area (Å²) in [6.07, 6.45) is 1.91. The van der Waals surface area contributed by atoms with Gasteiger partial charge in [0.2, 0.25) is 0 Å². The normalized spacial score (nSPS) is 10.1. The van der Waals surface area contributed by atoms with E-state index in [2.05, 4.69) is 39.8 Å². The summed E-state index contributed by atoms with van der Waals surface area (Å²) >= 11 is 0. The maximum Gasteiger partial charge on any atom is 0.0991 e. The van der Waals surface area contributed by atoms with Crippen LogP contribution in [0.5, 0.6) is 0 Å². The average Bonchev–Trinajstić information content (AvgIpc) is 2.47. The molecule has 2 aromatic carbocycles. The van der Waals surface area contributed by atoms with Crippen LogP contribution in [0.1, 0.15) is 44.5 Å². The van der Waals surface area contributed by atoms with E-state index in [0.717, 1.165) is 24.0 Å². The summed E-state index contributed by atoms with van der Waals surface area (Å²) in [6, 6.07) is 12.3. The van der Waals surface area contributed by atoms with Gasteiger partial charge in [-0.3, -0.25) is 0 Å². The third-order valence-electron chi connectivity index (χ3n) is 4.28. The van der Waals surface area contributed by atoms with E-state index in [9.17, 15) is 0 Å². The Morgan fingerprint density at radius 3 is 1.14 bits per heavy atom. The molecule has 0 bridgehead atoms. The molecule has 0 spiro atoms. The largest absolute Gasteiger partial charge is 0.192 e. The monoisotopic (exact) mass is 288 g/mol. The summed E-state index contributed by atoms with van der Waals surface area (Å²) in [5.41, 5.74) is 8.82. The molecule has 0 aromatic heterocycles. The molecule has 0 N–H and O–H groups in total. The van der Waals surface area contributed by atoms with Crippen molar-refractivity contribution in [1.29, 1.82) is 10.5 Å². The summed E-state index contributed by atoms with van der Waals surface area (Å²) in [5, 5.41) is 18.1. The molecule has 22 heavy (non-hydrogen) atoms. The fourth-order valence-corrected chi connectivity index (χ4v) is 3.15. The standard InChI is InChI=1S/C20H20N2/c1-13-7-17(11-21)8-14(2)19(13)5-6-20-15(3)9-18(12-22)10-16(20)4/h7-10H,5-6H2,1-4H3. The number of nitriles is 2. The third-order valence-corrected chi connectivity index (χ3v) is 4.28. The molecule has 0 atom stereocenters. The summed E-state index contributed by atoms with van der Waals surface area (Å²) < 4.78 is 0. The van der Waals surface area contributed by atoms with Gasteiger partial charge in [0.1, 0.15) is 0 Å². The topological polar surface area (TPSA) is 47.6 Å². The first-order valence-corrected chi connectivity index (χ1v) is 7.46. The van der Waals surface area contributed by atoms with E-state index in [0.29, 0.717) is 0 Å². The molecule has 0 saturated heterocycles. The lowest BCUT2D eigenvalue weighted by atomic mass is 9.91. The van der Waals surface area contributed by atoms with Crippen molar-refractivity contribution in [1.82, 2.24) is 0 Å². The van der Waals surface area contributed by atoms with Gasteiger partial charge in [-0.15, -0.1) is 0 Å². The Kier molecular flexibility index (Phi) is 4.64. The smallest absolute Gasteiger partial charge is 0.0991 e. The lowest BCUT2D eigenvalue weighted by Crippen LogP contribution is -2.02. The second kappa shape index (κ2) is 6.46. The number of hydrogen-bond acceptors (Lipinski definition) is 2. The molecular weight excluding hydrogens is 268 g/mol. The van der Waals surface area contributed by atoms with Crippen molar-refractivity contribution in [3.63, 3.8) is 0 Å². The molecule has 0 unspecified atom stereocenters. The van der Waals surface area contributed by atoms with Gasteiger partial charge in [-0.05, 0) is 98.2 Å². The van der Waals surface area contributed by atoms with Gasteiger partial charge >= 0.3 is 0 Å². The highest BCUT2D eigenvalue weighted by Crippen LogP contribution is 2.22. The van der Waals surface area contributed by atoms with Crippen LogP contribution in [0.25, 0.3) is 0 Å². The van der Waals surface area contributed by atoms with Gasteiger partial charge in [0, 0.05) is 0 Å². The molecular formula is C20H20N2. The Hall–Kier alpha value is -2.58. The summed E-state index contributed by atoms with van der Waals surface area (Å²) in [7, 11) is 0. The molecule has 0 fully saturated rings. The van der Waals surface area contributed by atoms with E-state index in [1.807, 2.05) is 24.3 Å². The van der Waals surface area contributed by atoms with Gasteiger partial charge in [0.15, 0.2) is 0 Å². The predicted molar refractivity (Wildman–Crippen MR) is 88.7 cm³/mol. The maximum absolute atomic E-state index is 9.03. The molecule has 0 amide bonds. The lowest BCUT2D eigenvalue weighted by Gasteiger charge is -2.14. The molecule has 0 radical (unpaired) electrons. The van der Waals surface area contributed by atoms with Crippen molar-refractivity contribution >= 4 is 0 Å². The van der Waals surface area contributed by atoms with Crippen LogP contribution >= 0.6 is 0 Å². The fraction of sp³-hybridized carbons (Fsp3) is 0.300. The van der Waals surface area contributed by atoms with Gasteiger partial charge in [0.25, 0.3) is 0 Å². The van der Waals surface area contributed by atoms with E-state index in [1.54, 1.807) is 0 Å². The minimum atomic E-state index is 0.726. The third kappa shape index (κ3) is 3.18. The van der Waals surface area contributed by atoms with Crippen molar-refractivity contribution in [2.24, 2.45) is 0 Å². The lowest BCUT2D eigenvalue weighted by molar-refractivity contribution is 0.917. The van der Waals surface area contributed by atoms with Crippen LogP contribution in [0.15, 0.2) is 24.3 Å². The number of rotatable bonds is 3. The van der Waals surface area contributed by atoms with Gasteiger partial charge in [0.05, 0.1) is 23.3 Å². The molecule has 0 heterocycles. The van der Waals surface area contributed by atoms with Crippen LogP contribution in [0.4, 0.5) is 0 Å². The zero-order chi connectivity index (χ0) is 16.3. The average molecular weight is 288 g/mol. The summed E-state index contributed by atoms with van der Waals surface area (Å²) in [4.78, 5) is 0. The van der Waals surface area contributed by atoms with Crippen molar-refractivity contribution in [2.45, 2.75) is 40.5 Å².